The lowest BCUT2D eigenvalue weighted by atomic mass is 10.0. The van der Waals surface area contributed by atoms with Gasteiger partial charge in [0.25, 0.3) is 0 Å². The molecule has 0 aromatic carbocycles. The standard InChI is InChI=1S/C10H12ClFOS/c1-7-6-9(14(3,11)13)4-5-10(12)8(7)2/h4-7H,3H2,1-2H3. The van der Waals surface area contributed by atoms with Crippen molar-refractivity contribution in [2.45, 2.75) is 13.8 Å². The van der Waals surface area contributed by atoms with Crippen molar-refractivity contribution < 1.29 is 8.60 Å². The highest BCUT2D eigenvalue weighted by Gasteiger charge is 2.14. The Morgan fingerprint density at radius 1 is 1.57 bits per heavy atom. The van der Waals surface area contributed by atoms with Crippen molar-refractivity contribution in [2.24, 2.45) is 5.92 Å². The van der Waals surface area contributed by atoms with Crippen LogP contribution in [0.3, 0.4) is 0 Å². The molecule has 0 aromatic heterocycles. The van der Waals surface area contributed by atoms with Gasteiger partial charge >= 0.3 is 0 Å². The molecule has 0 saturated carbocycles. The Hall–Kier alpha value is -0.540. The van der Waals surface area contributed by atoms with Crippen molar-refractivity contribution in [3.63, 3.8) is 0 Å². The first-order valence-electron chi connectivity index (χ1n) is 4.15. The molecule has 2 atom stereocenters. The molecule has 0 aromatic rings. The summed E-state index contributed by atoms with van der Waals surface area (Å²) in [5, 5.41) is 0. The van der Waals surface area contributed by atoms with Gasteiger partial charge in [0.05, 0.1) is 8.74 Å². The fourth-order valence-corrected chi connectivity index (χ4v) is 2.12. The lowest BCUT2D eigenvalue weighted by Gasteiger charge is -2.07. The van der Waals surface area contributed by atoms with E-state index in [1.54, 1.807) is 13.0 Å². The van der Waals surface area contributed by atoms with Crippen LogP contribution in [-0.2, 0) is 8.74 Å². The average molecular weight is 235 g/mol. The van der Waals surface area contributed by atoms with Crippen LogP contribution >= 0.6 is 10.7 Å². The minimum atomic E-state index is -2.78. The highest BCUT2D eigenvalue weighted by atomic mass is 35.7. The molecule has 0 aliphatic heterocycles. The first kappa shape index (κ1) is 11.5. The summed E-state index contributed by atoms with van der Waals surface area (Å²) >= 11 is 0. The Morgan fingerprint density at radius 3 is 2.64 bits per heavy atom. The minimum absolute atomic E-state index is 0.110. The van der Waals surface area contributed by atoms with Gasteiger partial charge in [0.15, 0.2) is 0 Å². The van der Waals surface area contributed by atoms with Crippen molar-refractivity contribution in [3.05, 3.63) is 34.5 Å². The zero-order chi connectivity index (χ0) is 10.9. The Bertz CT molecular complexity index is 429. The van der Waals surface area contributed by atoms with Crippen LogP contribution in [0.2, 0.25) is 0 Å². The summed E-state index contributed by atoms with van der Waals surface area (Å²) < 4.78 is 24.7. The van der Waals surface area contributed by atoms with Gasteiger partial charge in [-0.05, 0) is 47.1 Å². The zero-order valence-electron chi connectivity index (χ0n) is 8.09. The van der Waals surface area contributed by atoms with Crippen LogP contribution in [0.25, 0.3) is 0 Å². The Morgan fingerprint density at radius 2 is 2.14 bits per heavy atom. The van der Waals surface area contributed by atoms with Gasteiger partial charge in [-0.25, -0.2) is 8.60 Å². The number of rotatable bonds is 1. The number of hydrogen-bond donors (Lipinski definition) is 0. The van der Waals surface area contributed by atoms with Crippen LogP contribution < -0.4 is 0 Å². The van der Waals surface area contributed by atoms with Crippen LogP contribution in [0.5, 0.6) is 0 Å². The number of allylic oxidation sites excluding steroid dienone is 5. The van der Waals surface area contributed by atoms with E-state index in [0.29, 0.717) is 10.5 Å². The van der Waals surface area contributed by atoms with Crippen LogP contribution in [0, 0.1) is 5.92 Å². The number of halogens is 2. The second-order valence-corrected chi connectivity index (χ2v) is 6.47. The van der Waals surface area contributed by atoms with Crippen molar-refractivity contribution in [3.8, 4) is 0 Å². The van der Waals surface area contributed by atoms with Crippen molar-refractivity contribution in [1.29, 1.82) is 0 Å². The third-order valence-electron chi connectivity index (χ3n) is 2.22. The fourth-order valence-electron chi connectivity index (χ4n) is 1.13. The molecule has 2 unspecified atom stereocenters. The molecule has 4 heteroatoms. The summed E-state index contributed by atoms with van der Waals surface area (Å²) in [6, 6.07) is 0. The molecular weight excluding hydrogens is 223 g/mol. The molecule has 0 N–H and O–H groups in total. The predicted octanol–water partition coefficient (Wildman–Crippen LogP) is 3.19. The maximum absolute atomic E-state index is 13.3. The van der Waals surface area contributed by atoms with Crippen LogP contribution in [0.4, 0.5) is 4.39 Å². The third-order valence-corrected chi connectivity index (χ3v) is 3.73. The lowest BCUT2D eigenvalue weighted by molar-refractivity contribution is 0.634. The van der Waals surface area contributed by atoms with Crippen LogP contribution in [0.15, 0.2) is 34.5 Å². The Kier molecular flexibility index (Phi) is 3.22. The molecule has 1 aliphatic rings. The van der Waals surface area contributed by atoms with Gasteiger partial charge in [0.2, 0.25) is 0 Å². The highest BCUT2D eigenvalue weighted by Crippen LogP contribution is 2.26. The van der Waals surface area contributed by atoms with Crippen molar-refractivity contribution in [2.75, 3.05) is 0 Å². The predicted molar refractivity (Wildman–Crippen MR) is 61.3 cm³/mol. The minimum Gasteiger partial charge on any atom is -0.248 e. The van der Waals surface area contributed by atoms with Gasteiger partial charge in [-0.2, -0.15) is 0 Å². The van der Waals surface area contributed by atoms with E-state index < -0.39 is 8.74 Å². The molecule has 0 radical (unpaired) electrons. The van der Waals surface area contributed by atoms with E-state index in [4.69, 9.17) is 10.7 Å². The first-order valence-corrected chi connectivity index (χ1v) is 6.70. The summed E-state index contributed by atoms with van der Waals surface area (Å²) in [7, 11) is 2.83. The summed E-state index contributed by atoms with van der Waals surface area (Å²) in [5.41, 5.74) is 0.608. The molecule has 0 bridgehead atoms. The molecule has 0 heterocycles. The SMILES string of the molecule is C=S(=O)(Cl)C1=CC(C)C(C)=C(F)C=C1. The molecule has 0 fully saturated rings. The molecule has 0 amide bonds. The van der Waals surface area contributed by atoms with Gasteiger partial charge in [-0.3, -0.25) is 0 Å². The highest BCUT2D eigenvalue weighted by molar-refractivity contribution is 8.24. The normalized spacial score (nSPS) is 26.9. The monoisotopic (exact) mass is 234 g/mol. The molecule has 0 spiro atoms. The summed E-state index contributed by atoms with van der Waals surface area (Å²) in [4.78, 5) is 0.388. The molecule has 1 aliphatic carbocycles. The van der Waals surface area contributed by atoms with Gasteiger partial charge in [0.1, 0.15) is 5.83 Å². The van der Waals surface area contributed by atoms with Crippen LogP contribution in [-0.4, -0.2) is 10.1 Å². The maximum Gasteiger partial charge on any atom is 0.122 e. The second kappa shape index (κ2) is 3.91. The van der Waals surface area contributed by atoms with E-state index in [-0.39, 0.29) is 11.7 Å². The van der Waals surface area contributed by atoms with Gasteiger partial charge < -0.3 is 0 Å². The number of hydrogen-bond acceptors (Lipinski definition) is 1. The van der Waals surface area contributed by atoms with Gasteiger partial charge in [-0.15, -0.1) is 0 Å². The molecule has 0 saturated heterocycles. The van der Waals surface area contributed by atoms with Crippen molar-refractivity contribution in [1.82, 2.24) is 0 Å². The lowest BCUT2D eigenvalue weighted by Crippen LogP contribution is -1.96. The van der Waals surface area contributed by atoms with Crippen molar-refractivity contribution >= 4 is 25.3 Å². The van der Waals surface area contributed by atoms with E-state index in [0.717, 1.165) is 0 Å². The Balaban J connectivity index is 3.22. The van der Waals surface area contributed by atoms with E-state index >= 15 is 0 Å². The molecule has 14 heavy (non-hydrogen) atoms. The summed E-state index contributed by atoms with van der Waals surface area (Å²) in [6.45, 7) is 3.52. The van der Waals surface area contributed by atoms with E-state index in [2.05, 4.69) is 5.87 Å². The summed E-state index contributed by atoms with van der Waals surface area (Å²) in [6.07, 6.45) is 4.38. The topological polar surface area (TPSA) is 17.1 Å². The van der Waals surface area contributed by atoms with Gasteiger partial charge in [-0.1, -0.05) is 13.0 Å². The molecule has 1 nitrogen and oxygen atoms in total. The molecular formula is C10H12ClFOS. The van der Waals surface area contributed by atoms with E-state index in [1.807, 2.05) is 6.92 Å². The quantitative estimate of drug-likeness (QED) is 0.503. The van der Waals surface area contributed by atoms with Gasteiger partial charge in [0, 0.05) is 4.91 Å². The van der Waals surface area contributed by atoms with Crippen LogP contribution in [0.1, 0.15) is 13.8 Å². The summed E-state index contributed by atoms with van der Waals surface area (Å²) in [5.74, 6) is 2.94. The smallest absolute Gasteiger partial charge is 0.122 e. The second-order valence-electron chi connectivity index (χ2n) is 3.32. The Labute approximate surface area is 88.5 Å². The average Bonchev–Trinajstić information content (AvgIpc) is 2.17. The maximum atomic E-state index is 13.3. The van der Waals surface area contributed by atoms with E-state index in [1.165, 1.54) is 12.2 Å². The molecule has 1 rings (SSSR count). The fraction of sp³-hybridized carbons (Fsp3) is 0.300. The third kappa shape index (κ3) is 2.49. The zero-order valence-corrected chi connectivity index (χ0v) is 9.66. The molecule has 78 valence electrons. The first-order chi connectivity index (χ1) is 6.32. The van der Waals surface area contributed by atoms with E-state index in [9.17, 15) is 8.60 Å². The largest absolute Gasteiger partial charge is 0.248 e.